The Labute approximate surface area is 103 Å². The maximum absolute atomic E-state index is 8.75. The van der Waals surface area contributed by atoms with Gasteiger partial charge in [-0.1, -0.05) is 30.3 Å². The molecule has 1 unspecified atom stereocenters. The van der Waals surface area contributed by atoms with Crippen LogP contribution in [0.4, 0.5) is 0 Å². The first-order chi connectivity index (χ1) is 8.10. The summed E-state index contributed by atoms with van der Waals surface area (Å²) in [6.07, 6.45) is 0. The summed E-state index contributed by atoms with van der Waals surface area (Å²) in [5.74, 6) is 0. The minimum Gasteiger partial charge on any atom is -0.395 e. The van der Waals surface area contributed by atoms with Gasteiger partial charge in [0.25, 0.3) is 0 Å². The van der Waals surface area contributed by atoms with E-state index in [2.05, 4.69) is 17.4 Å². The molecule has 0 fully saturated rings. The highest BCUT2D eigenvalue weighted by Crippen LogP contribution is 1.97. The largest absolute Gasteiger partial charge is 0.395 e. The molecule has 2 atom stereocenters. The molecule has 0 bridgehead atoms. The van der Waals surface area contributed by atoms with Crippen LogP contribution < -0.4 is 11.1 Å². The Hall–Kier alpha value is -0.940. The van der Waals surface area contributed by atoms with E-state index in [1.165, 1.54) is 5.56 Å². The molecule has 0 radical (unpaired) electrons. The van der Waals surface area contributed by atoms with Gasteiger partial charge in [0.2, 0.25) is 0 Å². The fraction of sp³-hybridized carbons (Fsp3) is 0.538. The third kappa shape index (κ3) is 9.96. The summed E-state index contributed by atoms with van der Waals surface area (Å²) in [6, 6.07) is 10.3. The number of benzene rings is 1. The molecular weight excluding hydrogens is 216 g/mol. The minimum absolute atomic E-state index is 0.0602. The first-order valence-electron chi connectivity index (χ1n) is 5.84. The van der Waals surface area contributed by atoms with Crippen LogP contribution in [0.5, 0.6) is 0 Å². The zero-order valence-electron chi connectivity index (χ0n) is 10.6. The van der Waals surface area contributed by atoms with Crippen LogP contribution in [0.2, 0.25) is 0 Å². The molecule has 5 N–H and O–H groups in total. The van der Waals surface area contributed by atoms with Crippen molar-refractivity contribution in [3.05, 3.63) is 35.9 Å². The molecule has 0 spiro atoms. The first kappa shape index (κ1) is 16.1. The average molecular weight is 240 g/mol. The lowest BCUT2D eigenvalue weighted by molar-refractivity contribution is 0.251. The van der Waals surface area contributed by atoms with Gasteiger partial charge in [0.1, 0.15) is 0 Å². The Morgan fingerprint density at radius 3 is 2.06 bits per heavy atom. The number of nitrogens with two attached hydrogens (primary N) is 1. The molecule has 0 aliphatic heterocycles. The lowest BCUT2D eigenvalue weighted by Gasteiger charge is -2.09. The van der Waals surface area contributed by atoms with Gasteiger partial charge in [-0.25, -0.2) is 0 Å². The van der Waals surface area contributed by atoms with E-state index in [9.17, 15) is 0 Å². The van der Waals surface area contributed by atoms with Crippen molar-refractivity contribution in [3.8, 4) is 0 Å². The lowest BCUT2D eigenvalue weighted by atomic mass is 10.2. The molecule has 0 heterocycles. The quantitative estimate of drug-likeness (QED) is 0.604. The molecular formula is C13H24N2O2. The first-order valence-corrected chi connectivity index (χ1v) is 5.84. The molecule has 17 heavy (non-hydrogen) atoms. The highest BCUT2D eigenvalue weighted by molar-refractivity contribution is 5.14. The van der Waals surface area contributed by atoms with Crippen LogP contribution in [-0.4, -0.2) is 35.5 Å². The zero-order chi connectivity index (χ0) is 13.1. The van der Waals surface area contributed by atoms with E-state index in [1.54, 1.807) is 6.92 Å². The molecule has 1 rings (SSSR count). The van der Waals surface area contributed by atoms with Gasteiger partial charge < -0.3 is 21.3 Å². The van der Waals surface area contributed by atoms with Crippen LogP contribution in [0.25, 0.3) is 0 Å². The van der Waals surface area contributed by atoms with Crippen molar-refractivity contribution >= 4 is 0 Å². The van der Waals surface area contributed by atoms with Crippen molar-refractivity contribution in [2.75, 3.05) is 13.2 Å². The topological polar surface area (TPSA) is 78.5 Å². The fourth-order valence-electron chi connectivity index (χ4n) is 0.952. The summed E-state index contributed by atoms with van der Waals surface area (Å²) < 4.78 is 0. The molecule has 0 saturated heterocycles. The third-order valence-electron chi connectivity index (χ3n) is 2.06. The van der Waals surface area contributed by atoms with E-state index < -0.39 is 0 Å². The second-order valence-electron chi connectivity index (χ2n) is 4.11. The summed E-state index contributed by atoms with van der Waals surface area (Å²) >= 11 is 0. The number of aliphatic hydroxyl groups is 2. The van der Waals surface area contributed by atoms with Gasteiger partial charge in [-0.2, -0.15) is 0 Å². The van der Waals surface area contributed by atoms with Gasteiger partial charge in [0, 0.05) is 18.6 Å². The van der Waals surface area contributed by atoms with E-state index in [0.717, 1.165) is 6.54 Å². The Morgan fingerprint density at radius 2 is 1.65 bits per heavy atom. The molecule has 4 heteroatoms. The molecule has 0 aromatic heterocycles. The Morgan fingerprint density at radius 1 is 1.12 bits per heavy atom. The number of aliphatic hydroxyl groups excluding tert-OH is 2. The van der Waals surface area contributed by atoms with Crippen molar-refractivity contribution in [1.29, 1.82) is 0 Å². The lowest BCUT2D eigenvalue weighted by Crippen LogP contribution is -2.28. The van der Waals surface area contributed by atoms with Crippen LogP contribution in [0.1, 0.15) is 19.4 Å². The van der Waals surface area contributed by atoms with Crippen LogP contribution in [0.3, 0.4) is 0 Å². The van der Waals surface area contributed by atoms with Crippen molar-refractivity contribution in [3.63, 3.8) is 0 Å². The van der Waals surface area contributed by atoms with Crippen LogP contribution in [0.15, 0.2) is 30.3 Å². The van der Waals surface area contributed by atoms with Gasteiger partial charge in [0.05, 0.1) is 13.2 Å². The smallest absolute Gasteiger partial charge is 0.0582 e. The van der Waals surface area contributed by atoms with Crippen LogP contribution >= 0.6 is 0 Å². The van der Waals surface area contributed by atoms with Crippen molar-refractivity contribution < 1.29 is 10.2 Å². The van der Waals surface area contributed by atoms with Crippen LogP contribution in [-0.2, 0) is 6.54 Å². The molecule has 1 aromatic carbocycles. The standard InChI is InChI=1S/C10H15NO.C3H9NO/c1-9(8-12)11-7-10-5-3-2-4-6-10;1-3(4)2-5/h2-6,9,11-12H,7-8H2,1H3;3,5H,2,4H2,1H3/t;3-/m.0/s1. The molecule has 0 saturated carbocycles. The Bertz CT molecular complexity index is 265. The second-order valence-corrected chi connectivity index (χ2v) is 4.11. The van der Waals surface area contributed by atoms with E-state index in [0.29, 0.717) is 0 Å². The van der Waals surface area contributed by atoms with E-state index in [-0.39, 0.29) is 25.3 Å². The predicted octanol–water partition coefficient (Wildman–Crippen LogP) is 0.483. The number of nitrogens with one attached hydrogen (secondary N) is 1. The van der Waals surface area contributed by atoms with Crippen molar-refractivity contribution in [1.82, 2.24) is 5.32 Å². The molecule has 0 aliphatic rings. The summed E-state index contributed by atoms with van der Waals surface area (Å²) in [6.45, 7) is 4.80. The number of rotatable bonds is 5. The number of hydrogen-bond donors (Lipinski definition) is 4. The summed E-state index contributed by atoms with van der Waals surface area (Å²) in [7, 11) is 0. The molecule has 1 aromatic rings. The normalized spacial score (nSPS) is 13.5. The monoisotopic (exact) mass is 240 g/mol. The molecule has 0 amide bonds. The Balaban J connectivity index is 0.000000437. The molecule has 98 valence electrons. The third-order valence-corrected chi connectivity index (χ3v) is 2.06. The van der Waals surface area contributed by atoms with Crippen molar-refractivity contribution in [2.24, 2.45) is 5.73 Å². The highest BCUT2D eigenvalue weighted by atomic mass is 16.3. The Kier molecular flexibility index (Phi) is 9.66. The fourth-order valence-corrected chi connectivity index (χ4v) is 0.952. The van der Waals surface area contributed by atoms with Gasteiger partial charge in [-0.3, -0.25) is 0 Å². The van der Waals surface area contributed by atoms with Gasteiger partial charge in [-0.15, -0.1) is 0 Å². The van der Waals surface area contributed by atoms with Gasteiger partial charge >= 0.3 is 0 Å². The average Bonchev–Trinajstić information content (AvgIpc) is 2.37. The van der Waals surface area contributed by atoms with E-state index in [1.807, 2.05) is 25.1 Å². The maximum Gasteiger partial charge on any atom is 0.0582 e. The summed E-state index contributed by atoms with van der Waals surface area (Å²) in [5.41, 5.74) is 6.29. The number of hydrogen-bond acceptors (Lipinski definition) is 4. The molecule has 0 aliphatic carbocycles. The van der Waals surface area contributed by atoms with Gasteiger partial charge in [0.15, 0.2) is 0 Å². The second kappa shape index (κ2) is 10.2. The van der Waals surface area contributed by atoms with Crippen molar-refractivity contribution in [2.45, 2.75) is 32.5 Å². The van der Waals surface area contributed by atoms with E-state index >= 15 is 0 Å². The summed E-state index contributed by atoms with van der Waals surface area (Å²) in [4.78, 5) is 0. The SMILES string of the molecule is CC(CO)NCc1ccccc1.C[C@H](N)CO. The predicted molar refractivity (Wildman–Crippen MR) is 70.6 cm³/mol. The molecule has 4 nitrogen and oxygen atoms in total. The summed E-state index contributed by atoms with van der Waals surface area (Å²) in [5, 5.41) is 20.0. The zero-order valence-corrected chi connectivity index (χ0v) is 10.6. The minimum atomic E-state index is -0.0602. The highest BCUT2D eigenvalue weighted by Gasteiger charge is 1.97. The van der Waals surface area contributed by atoms with Crippen LogP contribution in [0, 0.1) is 0 Å². The van der Waals surface area contributed by atoms with Gasteiger partial charge in [-0.05, 0) is 19.4 Å². The van der Waals surface area contributed by atoms with E-state index in [4.69, 9.17) is 15.9 Å². The maximum atomic E-state index is 8.75.